The van der Waals surface area contributed by atoms with E-state index >= 15 is 0 Å². The Labute approximate surface area is 348 Å². The van der Waals surface area contributed by atoms with Gasteiger partial charge in [-0.05, 0) is 82.6 Å². The van der Waals surface area contributed by atoms with Crippen LogP contribution in [0.15, 0.2) is 203 Å². The van der Waals surface area contributed by atoms with Gasteiger partial charge in [-0.25, -0.2) is 15.0 Å². The summed E-state index contributed by atoms with van der Waals surface area (Å²) in [5.74, 6) is 1.80. The van der Waals surface area contributed by atoms with Gasteiger partial charge in [0.15, 0.2) is 17.5 Å². The summed E-state index contributed by atoms with van der Waals surface area (Å²) in [7, 11) is 0. The molecule has 4 heterocycles. The maximum Gasteiger partial charge on any atom is 0.164 e. The molecule has 0 fully saturated rings. The average Bonchev–Trinajstić information content (AvgIpc) is 4.00. The summed E-state index contributed by atoms with van der Waals surface area (Å²) in [5.41, 5.74) is 11.5. The standard InChI is InChI=1S/C55H32N4O2/c1-2-13-34(14-3-1)53-56-54(37-25-24-33-12-4-5-15-35(33)30-37)58-55(57-53)42-19-11-23-50-52(42)43-31-36(26-28-47(43)60-50)39-18-10-22-49-51(39)44-32-38(27-29-48(44)61-49)59-45-20-8-6-16-40(45)41-17-7-9-21-46(41)59/h1-32H. The second kappa shape index (κ2) is 13.1. The van der Waals surface area contributed by atoms with Crippen molar-refractivity contribution in [1.82, 2.24) is 19.5 Å². The molecular weight excluding hydrogens is 749 g/mol. The lowest BCUT2D eigenvalue weighted by Gasteiger charge is -2.10. The summed E-state index contributed by atoms with van der Waals surface area (Å²) in [6.07, 6.45) is 0. The summed E-state index contributed by atoms with van der Waals surface area (Å²) in [4.78, 5) is 15.4. The summed E-state index contributed by atoms with van der Waals surface area (Å²) >= 11 is 0. The highest BCUT2D eigenvalue weighted by Crippen LogP contribution is 2.43. The first-order chi connectivity index (χ1) is 30.2. The molecule has 0 atom stereocenters. The molecule has 0 unspecified atom stereocenters. The minimum absolute atomic E-state index is 0.580. The smallest absolute Gasteiger partial charge is 0.164 e. The SMILES string of the molecule is c1ccc(-c2nc(-c3ccc4ccccc4c3)nc(-c3cccc4oc5ccc(-c6cccc7oc8ccc(-n9c%10ccccc%10c%10ccccc%109)cc8c67)cc5c34)n2)cc1. The molecule has 0 radical (unpaired) electrons. The molecule has 0 spiro atoms. The number of fused-ring (bicyclic) bond motifs is 10. The van der Waals surface area contributed by atoms with Crippen LogP contribution in [-0.2, 0) is 0 Å². The maximum absolute atomic E-state index is 6.56. The Morgan fingerprint density at radius 2 is 0.902 bits per heavy atom. The first kappa shape index (κ1) is 33.6. The molecule has 0 aliphatic heterocycles. The van der Waals surface area contributed by atoms with E-state index in [0.29, 0.717) is 17.5 Å². The third-order valence-electron chi connectivity index (χ3n) is 12.0. The molecule has 13 aromatic rings. The molecule has 0 bridgehead atoms. The molecule has 0 aliphatic rings. The third-order valence-corrected chi connectivity index (χ3v) is 12.0. The Bertz CT molecular complexity index is 3840. The van der Waals surface area contributed by atoms with E-state index in [1.807, 2.05) is 42.5 Å². The Hall–Kier alpha value is -8.35. The van der Waals surface area contributed by atoms with Crippen LogP contribution in [0, 0.1) is 0 Å². The quantitative estimate of drug-likeness (QED) is 0.174. The van der Waals surface area contributed by atoms with E-state index in [0.717, 1.165) is 88.2 Å². The van der Waals surface area contributed by atoms with Crippen molar-refractivity contribution in [2.45, 2.75) is 0 Å². The molecule has 13 rings (SSSR count). The van der Waals surface area contributed by atoms with Crippen molar-refractivity contribution in [3.05, 3.63) is 194 Å². The van der Waals surface area contributed by atoms with Crippen LogP contribution in [-0.4, -0.2) is 19.5 Å². The second-order valence-electron chi connectivity index (χ2n) is 15.6. The van der Waals surface area contributed by atoms with Crippen LogP contribution in [0.5, 0.6) is 0 Å². The van der Waals surface area contributed by atoms with Crippen molar-refractivity contribution < 1.29 is 8.83 Å². The molecule has 0 aliphatic carbocycles. The fourth-order valence-corrected chi connectivity index (χ4v) is 9.25. The van der Waals surface area contributed by atoms with Crippen molar-refractivity contribution >= 4 is 76.5 Å². The van der Waals surface area contributed by atoms with Crippen LogP contribution in [0.3, 0.4) is 0 Å². The van der Waals surface area contributed by atoms with Crippen LogP contribution >= 0.6 is 0 Å². The Morgan fingerprint density at radius 3 is 1.66 bits per heavy atom. The molecule has 0 saturated heterocycles. The fraction of sp³-hybridized carbons (Fsp3) is 0. The highest BCUT2D eigenvalue weighted by molar-refractivity contribution is 6.17. The lowest BCUT2D eigenvalue weighted by molar-refractivity contribution is 0.669. The Morgan fingerprint density at radius 1 is 0.328 bits per heavy atom. The highest BCUT2D eigenvalue weighted by Gasteiger charge is 2.21. The van der Waals surface area contributed by atoms with Gasteiger partial charge in [-0.15, -0.1) is 0 Å². The zero-order valence-corrected chi connectivity index (χ0v) is 32.6. The fourth-order valence-electron chi connectivity index (χ4n) is 9.25. The topological polar surface area (TPSA) is 69.9 Å². The van der Waals surface area contributed by atoms with Gasteiger partial charge in [-0.3, -0.25) is 0 Å². The third kappa shape index (κ3) is 5.26. The van der Waals surface area contributed by atoms with E-state index in [1.54, 1.807) is 0 Å². The van der Waals surface area contributed by atoms with Crippen LogP contribution in [0.2, 0.25) is 0 Å². The number of hydrogen-bond donors (Lipinski definition) is 0. The predicted molar refractivity (Wildman–Crippen MR) is 248 cm³/mol. The zero-order chi connectivity index (χ0) is 40.0. The number of para-hydroxylation sites is 2. The Balaban J connectivity index is 1.00. The number of benzene rings is 9. The number of hydrogen-bond acceptors (Lipinski definition) is 5. The number of furan rings is 2. The molecule has 0 amide bonds. The first-order valence-electron chi connectivity index (χ1n) is 20.4. The minimum atomic E-state index is 0.580. The van der Waals surface area contributed by atoms with E-state index in [9.17, 15) is 0 Å². The molecule has 9 aromatic carbocycles. The molecule has 6 nitrogen and oxygen atoms in total. The van der Waals surface area contributed by atoms with Crippen LogP contribution in [0.1, 0.15) is 0 Å². The average molecular weight is 781 g/mol. The number of aromatic nitrogens is 4. The summed E-state index contributed by atoms with van der Waals surface area (Å²) in [5, 5.41) is 8.81. The van der Waals surface area contributed by atoms with E-state index in [4.69, 9.17) is 23.8 Å². The van der Waals surface area contributed by atoms with Gasteiger partial charge in [-0.2, -0.15) is 0 Å². The van der Waals surface area contributed by atoms with Gasteiger partial charge in [-0.1, -0.05) is 133 Å². The van der Waals surface area contributed by atoms with E-state index in [1.165, 1.54) is 21.8 Å². The van der Waals surface area contributed by atoms with E-state index in [2.05, 4.69) is 156 Å². The number of nitrogens with zero attached hydrogens (tertiary/aromatic N) is 4. The van der Waals surface area contributed by atoms with Crippen molar-refractivity contribution in [3.8, 4) is 51.0 Å². The second-order valence-corrected chi connectivity index (χ2v) is 15.6. The monoisotopic (exact) mass is 780 g/mol. The van der Waals surface area contributed by atoms with Crippen molar-refractivity contribution in [2.24, 2.45) is 0 Å². The van der Waals surface area contributed by atoms with E-state index in [-0.39, 0.29) is 0 Å². The van der Waals surface area contributed by atoms with Crippen LogP contribution in [0.25, 0.3) is 127 Å². The molecule has 0 saturated carbocycles. The summed E-state index contributed by atoms with van der Waals surface area (Å²) < 4.78 is 15.5. The zero-order valence-electron chi connectivity index (χ0n) is 32.6. The molecular formula is C55H32N4O2. The van der Waals surface area contributed by atoms with Gasteiger partial charge in [0.25, 0.3) is 0 Å². The summed E-state index contributed by atoms with van der Waals surface area (Å²) in [6.45, 7) is 0. The molecule has 284 valence electrons. The van der Waals surface area contributed by atoms with Crippen LogP contribution in [0.4, 0.5) is 0 Å². The minimum Gasteiger partial charge on any atom is -0.456 e. The normalized spacial score (nSPS) is 11.9. The van der Waals surface area contributed by atoms with Gasteiger partial charge in [0.2, 0.25) is 0 Å². The lowest BCUT2D eigenvalue weighted by Crippen LogP contribution is -2.00. The molecule has 0 N–H and O–H groups in total. The predicted octanol–water partition coefficient (Wildman–Crippen LogP) is 14.6. The van der Waals surface area contributed by atoms with Gasteiger partial charge < -0.3 is 13.4 Å². The summed E-state index contributed by atoms with van der Waals surface area (Å²) in [6, 6.07) is 67.4. The largest absolute Gasteiger partial charge is 0.456 e. The van der Waals surface area contributed by atoms with Gasteiger partial charge in [0.1, 0.15) is 22.3 Å². The van der Waals surface area contributed by atoms with Gasteiger partial charge in [0.05, 0.1) is 11.0 Å². The maximum atomic E-state index is 6.56. The van der Waals surface area contributed by atoms with E-state index < -0.39 is 0 Å². The molecule has 4 aromatic heterocycles. The lowest BCUT2D eigenvalue weighted by atomic mass is 9.97. The van der Waals surface area contributed by atoms with Crippen molar-refractivity contribution in [3.63, 3.8) is 0 Å². The molecule has 6 heteroatoms. The van der Waals surface area contributed by atoms with Crippen molar-refractivity contribution in [1.29, 1.82) is 0 Å². The van der Waals surface area contributed by atoms with Gasteiger partial charge in [0, 0.05) is 54.7 Å². The number of rotatable bonds is 5. The van der Waals surface area contributed by atoms with Gasteiger partial charge >= 0.3 is 0 Å². The van der Waals surface area contributed by atoms with Crippen LogP contribution < -0.4 is 0 Å². The highest BCUT2D eigenvalue weighted by atomic mass is 16.3. The Kier molecular flexibility index (Phi) is 7.21. The van der Waals surface area contributed by atoms with Crippen molar-refractivity contribution in [2.75, 3.05) is 0 Å². The first-order valence-corrected chi connectivity index (χ1v) is 20.4. The molecule has 61 heavy (non-hydrogen) atoms.